The van der Waals surface area contributed by atoms with Gasteiger partial charge in [0.25, 0.3) is 0 Å². The fraction of sp³-hybridized carbons (Fsp3) is 0.467. The van der Waals surface area contributed by atoms with Crippen LogP contribution in [0.15, 0.2) is 29.3 Å². The maximum absolute atomic E-state index is 8.86. The normalized spacial score (nSPS) is 12.6. The number of aliphatic imine (C=N–C) groups is 1. The molecule has 19 heavy (non-hydrogen) atoms. The van der Waals surface area contributed by atoms with Crippen LogP contribution in [0.5, 0.6) is 0 Å². The minimum atomic E-state index is 0.392. The molecule has 0 aliphatic heterocycles. The molecule has 0 fully saturated rings. The largest absolute Gasteiger partial charge is 0.357 e. The van der Waals surface area contributed by atoms with Crippen molar-refractivity contribution in [3.63, 3.8) is 0 Å². The quantitative estimate of drug-likeness (QED) is 0.630. The topological polar surface area (TPSA) is 60.2 Å². The second kappa shape index (κ2) is 8.15. The minimum absolute atomic E-state index is 0.392. The number of guanidine groups is 1. The van der Waals surface area contributed by atoms with Gasteiger partial charge in [0.05, 0.1) is 18.2 Å². The summed E-state index contributed by atoms with van der Waals surface area (Å²) in [7, 11) is 0. The summed E-state index contributed by atoms with van der Waals surface area (Å²) in [5.41, 5.74) is 1.72. The summed E-state index contributed by atoms with van der Waals surface area (Å²) in [6.07, 6.45) is 1.05. The molecule has 1 atom stereocenters. The molecule has 0 saturated carbocycles. The summed E-state index contributed by atoms with van der Waals surface area (Å²) >= 11 is 0. The Labute approximate surface area is 115 Å². The van der Waals surface area contributed by atoms with Gasteiger partial charge in [-0.05, 0) is 38.0 Å². The molecule has 0 radical (unpaired) electrons. The Morgan fingerprint density at radius 1 is 1.42 bits per heavy atom. The fourth-order valence-corrected chi connectivity index (χ4v) is 1.57. The number of nitrogens with zero attached hydrogens (tertiary/aromatic N) is 2. The summed E-state index contributed by atoms with van der Waals surface area (Å²) in [6, 6.07) is 10.1. The molecule has 0 aliphatic rings. The van der Waals surface area contributed by atoms with Crippen LogP contribution in [0.25, 0.3) is 0 Å². The molecule has 0 bridgehead atoms. The molecule has 1 unspecified atom stereocenters. The Morgan fingerprint density at radius 3 is 2.84 bits per heavy atom. The third kappa shape index (κ3) is 5.43. The summed E-state index contributed by atoms with van der Waals surface area (Å²) in [4.78, 5) is 4.53. The smallest absolute Gasteiger partial charge is 0.191 e. The first-order valence-corrected chi connectivity index (χ1v) is 6.73. The standard InChI is InChI=1S/C15H22N4/c1-4-12(3)19-15(17-5-2)18-11-14-8-6-7-13(9-14)10-16/h6-9,12H,4-5,11H2,1-3H3,(H2,17,18,19). The monoisotopic (exact) mass is 258 g/mol. The van der Waals surface area contributed by atoms with Crippen molar-refractivity contribution in [3.8, 4) is 6.07 Å². The minimum Gasteiger partial charge on any atom is -0.357 e. The predicted molar refractivity (Wildman–Crippen MR) is 78.9 cm³/mol. The second-order valence-electron chi connectivity index (χ2n) is 4.46. The lowest BCUT2D eigenvalue weighted by Crippen LogP contribution is -2.41. The fourth-order valence-electron chi connectivity index (χ4n) is 1.57. The van der Waals surface area contributed by atoms with E-state index in [2.05, 4.69) is 35.5 Å². The van der Waals surface area contributed by atoms with E-state index in [9.17, 15) is 0 Å². The zero-order valence-electron chi connectivity index (χ0n) is 11.9. The Hall–Kier alpha value is -2.02. The highest BCUT2D eigenvalue weighted by Crippen LogP contribution is 2.05. The van der Waals surface area contributed by atoms with Gasteiger partial charge in [0, 0.05) is 12.6 Å². The third-order valence-electron chi connectivity index (χ3n) is 2.82. The van der Waals surface area contributed by atoms with Crippen molar-refractivity contribution in [1.82, 2.24) is 10.6 Å². The lowest BCUT2D eigenvalue weighted by atomic mass is 10.1. The number of rotatable bonds is 5. The van der Waals surface area contributed by atoms with Gasteiger partial charge in [-0.25, -0.2) is 4.99 Å². The Bertz CT molecular complexity index is 459. The highest BCUT2D eigenvalue weighted by atomic mass is 15.2. The average Bonchev–Trinajstić information content (AvgIpc) is 2.45. The first-order chi connectivity index (χ1) is 9.19. The van der Waals surface area contributed by atoms with Crippen LogP contribution >= 0.6 is 0 Å². The van der Waals surface area contributed by atoms with Crippen LogP contribution in [0.4, 0.5) is 0 Å². The number of hydrogen-bond donors (Lipinski definition) is 2. The molecule has 1 aromatic carbocycles. The van der Waals surface area contributed by atoms with Crippen LogP contribution in [0.2, 0.25) is 0 Å². The first-order valence-electron chi connectivity index (χ1n) is 6.73. The number of benzene rings is 1. The molecular formula is C15H22N4. The Kier molecular flexibility index (Phi) is 6.45. The molecule has 0 spiro atoms. The maximum Gasteiger partial charge on any atom is 0.191 e. The highest BCUT2D eigenvalue weighted by molar-refractivity contribution is 5.80. The van der Waals surface area contributed by atoms with Gasteiger partial charge in [0.1, 0.15) is 0 Å². The lowest BCUT2D eigenvalue weighted by Gasteiger charge is -2.16. The maximum atomic E-state index is 8.86. The molecule has 0 aliphatic carbocycles. The first kappa shape index (κ1) is 15.0. The van der Waals surface area contributed by atoms with Crippen LogP contribution in [0.1, 0.15) is 38.3 Å². The number of hydrogen-bond acceptors (Lipinski definition) is 2. The van der Waals surface area contributed by atoms with Gasteiger partial charge in [-0.15, -0.1) is 0 Å². The Balaban J connectivity index is 2.71. The second-order valence-corrected chi connectivity index (χ2v) is 4.46. The van der Waals surface area contributed by atoms with Crippen LogP contribution in [0, 0.1) is 11.3 Å². The summed E-state index contributed by atoms with van der Waals surface area (Å²) in [5.74, 6) is 0.819. The van der Waals surface area contributed by atoms with E-state index < -0.39 is 0 Å². The van der Waals surface area contributed by atoms with Crippen molar-refractivity contribution in [2.75, 3.05) is 6.54 Å². The summed E-state index contributed by atoms with van der Waals surface area (Å²) in [5, 5.41) is 15.4. The van der Waals surface area contributed by atoms with Crippen LogP contribution in [0.3, 0.4) is 0 Å². The highest BCUT2D eigenvalue weighted by Gasteiger charge is 2.02. The van der Waals surface area contributed by atoms with Gasteiger partial charge in [-0.2, -0.15) is 5.26 Å². The SMILES string of the molecule is CCNC(=NCc1cccc(C#N)c1)NC(C)CC. The zero-order valence-corrected chi connectivity index (χ0v) is 11.9. The molecule has 4 nitrogen and oxygen atoms in total. The van der Waals surface area contributed by atoms with E-state index >= 15 is 0 Å². The van der Waals surface area contributed by atoms with Crippen LogP contribution in [-0.2, 0) is 6.54 Å². The van der Waals surface area contributed by atoms with Gasteiger partial charge < -0.3 is 10.6 Å². The molecule has 1 rings (SSSR count). The van der Waals surface area contributed by atoms with E-state index in [0.717, 1.165) is 24.5 Å². The van der Waals surface area contributed by atoms with Crippen molar-refractivity contribution in [2.24, 2.45) is 4.99 Å². The summed E-state index contributed by atoms with van der Waals surface area (Å²) in [6.45, 7) is 7.71. The van der Waals surface area contributed by atoms with Crippen LogP contribution in [-0.4, -0.2) is 18.5 Å². The molecule has 0 heterocycles. The Morgan fingerprint density at radius 2 is 2.21 bits per heavy atom. The van der Waals surface area contributed by atoms with E-state index in [0.29, 0.717) is 18.2 Å². The van der Waals surface area contributed by atoms with Gasteiger partial charge in [-0.1, -0.05) is 19.1 Å². The number of nitrogens with one attached hydrogen (secondary N) is 2. The van der Waals surface area contributed by atoms with E-state index in [4.69, 9.17) is 5.26 Å². The van der Waals surface area contributed by atoms with Crippen molar-refractivity contribution in [3.05, 3.63) is 35.4 Å². The van der Waals surface area contributed by atoms with E-state index in [1.54, 1.807) is 6.07 Å². The molecule has 4 heteroatoms. The lowest BCUT2D eigenvalue weighted by molar-refractivity contribution is 0.624. The van der Waals surface area contributed by atoms with Crippen molar-refractivity contribution < 1.29 is 0 Å². The molecule has 0 saturated heterocycles. The molecule has 2 N–H and O–H groups in total. The van der Waals surface area contributed by atoms with E-state index in [1.807, 2.05) is 25.1 Å². The van der Waals surface area contributed by atoms with Gasteiger partial charge >= 0.3 is 0 Å². The number of nitriles is 1. The van der Waals surface area contributed by atoms with Crippen molar-refractivity contribution in [1.29, 1.82) is 5.26 Å². The average molecular weight is 258 g/mol. The van der Waals surface area contributed by atoms with Gasteiger partial charge in [0.15, 0.2) is 5.96 Å². The third-order valence-corrected chi connectivity index (χ3v) is 2.82. The zero-order chi connectivity index (χ0) is 14.1. The van der Waals surface area contributed by atoms with Crippen molar-refractivity contribution >= 4 is 5.96 Å². The summed E-state index contributed by atoms with van der Waals surface area (Å²) < 4.78 is 0. The van der Waals surface area contributed by atoms with E-state index in [-0.39, 0.29) is 0 Å². The van der Waals surface area contributed by atoms with Crippen molar-refractivity contribution in [2.45, 2.75) is 39.8 Å². The molecular weight excluding hydrogens is 236 g/mol. The molecule has 0 amide bonds. The van der Waals surface area contributed by atoms with Crippen LogP contribution < -0.4 is 10.6 Å². The molecule has 1 aromatic rings. The molecule has 0 aromatic heterocycles. The predicted octanol–water partition coefficient (Wildman–Crippen LogP) is 2.41. The molecule has 102 valence electrons. The van der Waals surface area contributed by atoms with E-state index in [1.165, 1.54) is 0 Å². The van der Waals surface area contributed by atoms with Gasteiger partial charge in [0.2, 0.25) is 0 Å². The van der Waals surface area contributed by atoms with Gasteiger partial charge in [-0.3, -0.25) is 0 Å².